The Labute approximate surface area is 123 Å². The predicted octanol–water partition coefficient (Wildman–Crippen LogP) is 5.31. The largest absolute Gasteiger partial charge is 0.293 e. The number of hydrogen-bond donors (Lipinski definition) is 1. The van der Waals surface area contributed by atoms with Gasteiger partial charge in [0.15, 0.2) is 5.78 Å². The van der Waals surface area contributed by atoms with Crippen molar-refractivity contribution in [1.82, 2.24) is 0 Å². The molecule has 0 aliphatic heterocycles. The first kappa shape index (κ1) is 16.3. The molecular formula is C17H26OS. The minimum atomic E-state index is -0.536. The van der Waals surface area contributed by atoms with Crippen molar-refractivity contribution in [3.63, 3.8) is 0 Å². The average molecular weight is 278 g/mol. The summed E-state index contributed by atoms with van der Waals surface area (Å²) in [6.07, 6.45) is 8.33. The normalized spacial score (nSPS) is 14.1. The maximum absolute atomic E-state index is 12.4. The second kappa shape index (κ2) is 8.42. The molecule has 1 rings (SSSR count). The van der Waals surface area contributed by atoms with Crippen molar-refractivity contribution in [1.29, 1.82) is 0 Å². The van der Waals surface area contributed by atoms with Crippen LogP contribution in [0.2, 0.25) is 0 Å². The van der Waals surface area contributed by atoms with E-state index in [9.17, 15) is 4.79 Å². The number of hydrogen-bond acceptors (Lipinski definition) is 2. The molecule has 0 saturated heterocycles. The molecule has 0 radical (unpaired) electrons. The fraction of sp³-hybridized carbons (Fsp3) is 0.588. The van der Waals surface area contributed by atoms with E-state index < -0.39 is 4.75 Å². The molecule has 106 valence electrons. The van der Waals surface area contributed by atoms with Gasteiger partial charge in [-0.05, 0) is 13.3 Å². The van der Waals surface area contributed by atoms with Crippen molar-refractivity contribution in [2.45, 2.75) is 63.5 Å². The molecule has 0 N–H and O–H groups in total. The zero-order valence-electron chi connectivity index (χ0n) is 12.2. The van der Waals surface area contributed by atoms with Crippen LogP contribution in [0.4, 0.5) is 0 Å². The zero-order valence-corrected chi connectivity index (χ0v) is 13.1. The van der Waals surface area contributed by atoms with Gasteiger partial charge in [0.1, 0.15) is 0 Å². The summed E-state index contributed by atoms with van der Waals surface area (Å²) in [6, 6.07) is 9.49. The Morgan fingerprint density at radius 1 is 1.05 bits per heavy atom. The third kappa shape index (κ3) is 5.82. The molecule has 0 aliphatic carbocycles. The summed E-state index contributed by atoms with van der Waals surface area (Å²) in [7, 11) is 0. The lowest BCUT2D eigenvalue weighted by Crippen LogP contribution is -2.29. The molecule has 1 aromatic rings. The molecule has 1 unspecified atom stereocenters. The molecule has 0 spiro atoms. The van der Waals surface area contributed by atoms with Crippen molar-refractivity contribution < 1.29 is 4.79 Å². The Kier molecular flexibility index (Phi) is 7.22. The van der Waals surface area contributed by atoms with Crippen LogP contribution < -0.4 is 0 Å². The first-order valence-corrected chi connectivity index (χ1v) is 7.85. The molecule has 0 fully saturated rings. The van der Waals surface area contributed by atoms with E-state index in [1.807, 2.05) is 37.3 Å². The van der Waals surface area contributed by atoms with Crippen molar-refractivity contribution in [3.8, 4) is 0 Å². The van der Waals surface area contributed by atoms with Gasteiger partial charge in [0, 0.05) is 5.56 Å². The molecule has 2 heteroatoms. The molecule has 0 amide bonds. The molecule has 0 heterocycles. The van der Waals surface area contributed by atoms with Gasteiger partial charge in [-0.2, -0.15) is 12.6 Å². The quantitative estimate of drug-likeness (QED) is 0.368. The molecule has 0 aliphatic rings. The summed E-state index contributed by atoms with van der Waals surface area (Å²) in [5.41, 5.74) is 0.769. The first-order chi connectivity index (χ1) is 9.08. The summed E-state index contributed by atoms with van der Waals surface area (Å²) >= 11 is 4.59. The standard InChI is InChI=1S/C17H26OS/c1-3-4-5-6-7-11-14-17(2,19)16(18)15-12-9-8-10-13-15/h8-10,12-13,19H,3-7,11,14H2,1-2H3. The molecular weight excluding hydrogens is 252 g/mol. The molecule has 0 aromatic heterocycles. The van der Waals surface area contributed by atoms with Crippen LogP contribution in [0.15, 0.2) is 30.3 Å². The van der Waals surface area contributed by atoms with Crippen molar-refractivity contribution >= 4 is 18.4 Å². The highest BCUT2D eigenvalue weighted by atomic mass is 32.1. The zero-order chi connectivity index (χ0) is 14.1. The summed E-state index contributed by atoms with van der Waals surface area (Å²) in [6.45, 7) is 4.17. The van der Waals surface area contributed by atoms with Crippen LogP contribution in [0.3, 0.4) is 0 Å². The van der Waals surface area contributed by atoms with E-state index in [-0.39, 0.29) is 5.78 Å². The van der Waals surface area contributed by atoms with Gasteiger partial charge < -0.3 is 0 Å². The highest BCUT2D eigenvalue weighted by molar-refractivity contribution is 7.82. The van der Waals surface area contributed by atoms with Crippen LogP contribution in [-0.4, -0.2) is 10.5 Å². The van der Waals surface area contributed by atoms with E-state index >= 15 is 0 Å². The number of unbranched alkanes of at least 4 members (excludes halogenated alkanes) is 5. The summed E-state index contributed by atoms with van der Waals surface area (Å²) in [4.78, 5) is 12.4. The minimum Gasteiger partial charge on any atom is -0.293 e. The lowest BCUT2D eigenvalue weighted by atomic mass is 9.92. The van der Waals surface area contributed by atoms with E-state index in [0.29, 0.717) is 0 Å². The second-order valence-electron chi connectivity index (χ2n) is 5.49. The SMILES string of the molecule is CCCCCCCCC(C)(S)C(=O)c1ccccc1. The number of carbonyl (C=O) groups excluding carboxylic acids is 1. The van der Waals surface area contributed by atoms with Gasteiger partial charge in [-0.1, -0.05) is 75.8 Å². The van der Waals surface area contributed by atoms with Gasteiger partial charge in [-0.15, -0.1) is 0 Å². The summed E-state index contributed by atoms with van der Waals surface area (Å²) < 4.78 is -0.536. The summed E-state index contributed by atoms with van der Waals surface area (Å²) in [5, 5.41) is 0. The van der Waals surface area contributed by atoms with Crippen molar-refractivity contribution in [3.05, 3.63) is 35.9 Å². The molecule has 0 saturated carbocycles. The first-order valence-electron chi connectivity index (χ1n) is 7.40. The van der Waals surface area contributed by atoms with Gasteiger partial charge >= 0.3 is 0 Å². The molecule has 19 heavy (non-hydrogen) atoms. The second-order valence-corrected chi connectivity index (χ2v) is 6.47. The molecule has 1 atom stereocenters. The Hall–Kier alpha value is -0.760. The van der Waals surface area contributed by atoms with Gasteiger partial charge in [-0.3, -0.25) is 4.79 Å². The third-order valence-corrected chi connectivity index (χ3v) is 3.97. The maximum atomic E-state index is 12.4. The number of benzene rings is 1. The lowest BCUT2D eigenvalue weighted by Gasteiger charge is -2.22. The van der Waals surface area contributed by atoms with Crippen LogP contribution in [0.5, 0.6) is 0 Å². The Bertz CT molecular complexity index is 370. The number of carbonyl (C=O) groups is 1. The smallest absolute Gasteiger partial charge is 0.178 e. The van der Waals surface area contributed by atoms with Crippen LogP contribution in [-0.2, 0) is 0 Å². The number of Topliss-reactive ketones (excluding diaryl/α,β-unsaturated/α-hetero) is 1. The van der Waals surface area contributed by atoms with E-state index in [2.05, 4.69) is 19.6 Å². The van der Waals surface area contributed by atoms with Gasteiger partial charge in [0.2, 0.25) is 0 Å². The monoisotopic (exact) mass is 278 g/mol. The van der Waals surface area contributed by atoms with Crippen molar-refractivity contribution in [2.24, 2.45) is 0 Å². The third-order valence-electron chi connectivity index (χ3n) is 3.54. The average Bonchev–Trinajstić information content (AvgIpc) is 2.43. The Morgan fingerprint density at radius 2 is 1.63 bits per heavy atom. The Balaban J connectivity index is 2.37. The lowest BCUT2D eigenvalue weighted by molar-refractivity contribution is 0.0945. The fourth-order valence-electron chi connectivity index (χ4n) is 2.26. The van der Waals surface area contributed by atoms with E-state index in [1.54, 1.807) is 0 Å². The van der Waals surface area contributed by atoms with Crippen molar-refractivity contribution in [2.75, 3.05) is 0 Å². The minimum absolute atomic E-state index is 0.144. The van der Waals surface area contributed by atoms with Crippen LogP contribution >= 0.6 is 12.6 Å². The molecule has 1 nitrogen and oxygen atoms in total. The predicted molar refractivity (Wildman–Crippen MR) is 86.2 cm³/mol. The van der Waals surface area contributed by atoms with Gasteiger partial charge in [-0.25, -0.2) is 0 Å². The fourth-order valence-corrected chi connectivity index (χ4v) is 2.55. The molecule has 0 bridgehead atoms. The number of rotatable bonds is 9. The maximum Gasteiger partial charge on any atom is 0.178 e. The van der Waals surface area contributed by atoms with E-state index in [4.69, 9.17) is 0 Å². The van der Waals surface area contributed by atoms with E-state index in [1.165, 1.54) is 32.1 Å². The topological polar surface area (TPSA) is 17.1 Å². The highest BCUT2D eigenvalue weighted by Crippen LogP contribution is 2.27. The molecule has 1 aromatic carbocycles. The van der Waals surface area contributed by atoms with E-state index in [0.717, 1.165) is 18.4 Å². The summed E-state index contributed by atoms with van der Waals surface area (Å²) in [5.74, 6) is 0.144. The highest BCUT2D eigenvalue weighted by Gasteiger charge is 2.28. The van der Waals surface area contributed by atoms with Crippen LogP contribution in [0.25, 0.3) is 0 Å². The number of ketones is 1. The van der Waals surface area contributed by atoms with Crippen LogP contribution in [0, 0.1) is 0 Å². The Morgan fingerprint density at radius 3 is 2.26 bits per heavy atom. The van der Waals surface area contributed by atoms with Gasteiger partial charge in [0.25, 0.3) is 0 Å². The number of thiol groups is 1. The van der Waals surface area contributed by atoms with Gasteiger partial charge in [0.05, 0.1) is 4.75 Å². The van der Waals surface area contributed by atoms with Crippen LogP contribution in [0.1, 0.15) is 69.2 Å².